The van der Waals surface area contributed by atoms with Crippen LogP contribution in [0.15, 0.2) is 54.9 Å². The van der Waals surface area contributed by atoms with E-state index in [9.17, 15) is 0 Å². The third-order valence-electron chi connectivity index (χ3n) is 5.95. The Balaban J connectivity index is 1.06. The molecule has 0 radical (unpaired) electrons. The molecule has 1 aliphatic carbocycles. The summed E-state index contributed by atoms with van der Waals surface area (Å²) in [5.41, 5.74) is 3.08. The molecule has 1 saturated heterocycles. The van der Waals surface area contributed by atoms with Crippen LogP contribution in [0.4, 0.5) is 0 Å². The van der Waals surface area contributed by atoms with Gasteiger partial charge in [-0.3, -0.25) is 0 Å². The fourth-order valence-electron chi connectivity index (χ4n) is 4.36. The molecule has 3 aromatic rings. The van der Waals surface area contributed by atoms with Crippen molar-refractivity contribution in [3.63, 3.8) is 0 Å². The Kier molecular flexibility index (Phi) is 5.71. The second-order valence-corrected chi connectivity index (χ2v) is 8.28. The summed E-state index contributed by atoms with van der Waals surface area (Å²) < 4.78 is 20.1. The standard InChI is InChI=1S/C24H29N3O3/c1-3-11-24(12-4-1)29-18-22(30-24)15-25-14-19-7-9-21(10-8-19)28-17-20-16-27-13-5-2-6-23(27)26-20/h2,5-10,13,16,22,25H,1,3-4,11-12,14-15,17-18H2. The SMILES string of the molecule is c1ccn2cc(COc3ccc(CNCC4COC5(CCCCC5)O4)cc3)nc2c1. The highest BCUT2D eigenvalue weighted by Gasteiger charge is 2.41. The molecule has 1 saturated carbocycles. The zero-order valence-corrected chi connectivity index (χ0v) is 17.3. The molecule has 6 heteroatoms. The number of ether oxygens (including phenoxy) is 3. The largest absolute Gasteiger partial charge is 0.487 e. The van der Waals surface area contributed by atoms with Crippen LogP contribution in [0.3, 0.4) is 0 Å². The van der Waals surface area contributed by atoms with Crippen molar-refractivity contribution >= 4 is 5.65 Å². The maximum absolute atomic E-state index is 6.23. The highest BCUT2D eigenvalue weighted by molar-refractivity contribution is 5.39. The zero-order chi connectivity index (χ0) is 20.2. The van der Waals surface area contributed by atoms with Gasteiger partial charge in [-0.05, 0) is 42.7 Å². The maximum Gasteiger partial charge on any atom is 0.168 e. The number of hydrogen-bond acceptors (Lipinski definition) is 5. The molecule has 30 heavy (non-hydrogen) atoms. The normalized spacial score (nSPS) is 20.7. The summed E-state index contributed by atoms with van der Waals surface area (Å²) in [5, 5.41) is 3.50. The number of imidazole rings is 1. The van der Waals surface area contributed by atoms with Gasteiger partial charge in [0.2, 0.25) is 0 Å². The Bertz CT molecular complexity index is 930. The third-order valence-corrected chi connectivity index (χ3v) is 5.95. The van der Waals surface area contributed by atoms with Crippen molar-refractivity contribution in [1.82, 2.24) is 14.7 Å². The Morgan fingerprint density at radius 3 is 2.80 bits per heavy atom. The molecule has 1 atom stereocenters. The summed E-state index contributed by atoms with van der Waals surface area (Å²) in [5.74, 6) is 0.562. The van der Waals surface area contributed by atoms with Crippen molar-refractivity contribution in [3.05, 3.63) is 66.1 Å². The van der Waals surface area contributed by atoms with E-state index in [1.807, 2.05) is 47.1 Å². The summed E-state index contributed by atoms with van der Waals surface area (Å²) in [6.45, 7) is 2.77. The van der Waals surface area contributed by atoms with Gasteiger partial charge in [-0.15, -0.1) is 0 Å². The highest BCUT2D eigenvalue weighted by atomic mass is 16.7. The molecule has 1 aliphatic heterocycles. The van der Waals surface area contributed by atoms with Crippen LogP contribution in [-0.4, -0.2) is 34.4 Å². The van der Waals surface area contributed by atoms with Crippen LogP contribution in [0.1, 0.15) is 43.4 Å². The van der Waals surface area contributed by atoms with Crippen LogP contribution in [0.25, 0.3) is 5.65 Å². The van der Waals surface area contributed by atoms with Crippen LogP contribution >= 0.6 is 0 Å². The first-order valence-electron chi connectivity index (χ1n) is 10.9. The van der Waals surface area contributed by atoms with E-state index in [0.717, 1.165) is 43.0 Å². The van der Waals surface area contributed by atoms with E-state index < -0.39 is 0 Å². The van der Waals surface area contributed by atoms with Crippen molar-refractivity contribution in [2.45, 2.75) is 57.1 Å². The number of nitrogens with zero attached hydrogens (tertiary/aromatic N) is 2. The lowest BCUT2D eigenvalue weighted by Gasteiger charge is -2.31. The van der Waals surface area contributed by atoms with Gasteiger partial charge in [-0.2, -0.15) is 0 Å². The van der Waals surface area contributed by atoms with Gasteiger partial charge in [0.1, 0.15) is 18.0 Å². The Hall–Kier alpha value is -2.41. The minimum atomic E-state index is -0.287. The van der Waals surface area contributed by atoms with E-state index in [-0.39, 0.29) is 11.9 Å². The minimum Gasteiger partial charge on any atom is -0.487 e. The fraction of sp³-hybridized carbons (Fsp3) is 0.458. The average Bonchev–Trinajstić information content (AvgIpc) is 3.37. The number of nitrogens with one attached hydrogen (secondary N) is 1. The van der Waals surface area contributed by atoms with Gasteiger partial charge in [0.25, 0.3) is 0 Å². The third kappa shape index (κ3) is 4.51. The quantitative estimate of drug-likeness (QED) is 0.640. The summed E-state index contributed by atoms with van der Waals surface area (Å²) in [4.78, 5) is 4.56. The van der Waals surface area contributed by atoms with Gasteiger partial charge in [0, 0.05) is 38.3 Å². The molecule has 2 fully saturated rings. The number of aromatic nitrogens is 2. The summed E-state index contributed by atoms with van der Waals surface area (Å²) in [6.07, 6.45) is 9.95. The molecule has 1 unspecified atom stereocenters. The van der Waals surface area contributed by atoms with E-state index >= 15 is 0 Å². The first-order chi connectivity index (χ1) is 14.8. The van der Waals surface area contributed by atoms with Crippen LogP contribution in [0.2, 0.25) is 0 Å². The monoisotopic (exact) mass is 407 g/mol. The van der Waals surface area contributed by atoms with E-state index in [2.05, 4.69) is 22.4 Å². The smallest absolute Gasteiger partial charge is 0.168 e. The van der Waals surface area contributed by atoms with Crippen molar-refractivity contribution < 1.29 is 14.2 Å². The number of benzene rings is 1. The van der Waals surface area contributed by atoms with Crippen molar-refractivity contribution in [2.75, 3.05) is 13.2 Å². The number of fused-ring (bicyclic) bond motifs is 1. The molecular weight excluding hydrogens is 378 g/mol. The van der Waals surface area contributed by atoms with E-state index in [1.165, 1.54) is 24.8 Å². The lowest BCUT2D eigenvalue weighted by atomic mass is 9.94. The molecule has 0 amide bonds. The van der Waals surface area contributed by atoms with E-state index in [4.69, 9.17) is 14.2 Å². The van der Waals surface area contributed by atoms with Crippen molar-refractivity contribution in [2.24, 2.45) is 0 Å². The van der Waals surface area contributed by atoms with E-state index in [1.54, 1.807) is 0 Å². The van der Waals surface area contributed by atoms with Gasteiger partial charge in [0.05, 0.1) is 18.4 Å². The predicted octanol–water partition coefficient (Wildman–Crippen LogP) is 4.08. The highest BCUT2D eigenvalue weighted by Crippen LogP contribution is 2.37. The molecule has 5 rings (SSSR count). The zero-order valence-electron chi connectivity index (χ0n) is 17.3. The Morgan fingerprint density at radius 1 is 1.10 bits per heavy atom. The number of pyridine rings is 1. The number of hydrogen-bond donors (Lipinski definition) is 1. The van der Waals surface area contributed by atoms with Crippen molar-refractivity contribution in [1.29, 1.82) is 0 Å². The molecular formula is C24H29N3O3. The van der Waals surface area contributed by atoms with Crippen LogP contribution in [0, 0.1) is 0 Å². The molecule has 1 spiro atoms. The molecule has 3 heterocycles. The molecule has 1 aromatic carbocycles. The molecule has 2 aliphatic rings. The average molecular weight is 408 g/mol. The summed E-state index contributed by atoms with van der Waals surface area (Å²) in [7, 11) is 0. The predicted molar refractivity (Wildman–Crippen MR) is 114 cm³/mol. The van der Waals surface area contributed by atoms with Gasteiger partial charge < -0.3 is 23.9 Å². The number of rotatable bonds is 7. The molecule has 6 nitrogen and oxygen atoms in total. The summed E-state index contributed by atoms with van der Waals surface area (Å²) >= 11 is 0. The topological polar surface area (TPSA) is 57.0 Å². The van der Waals surface area contributed by atoms with Crippen LogP contribution < -0.4 is 10.1 Å². The van der Waals surface area contributed by atoms with Crippen LogP contribution in [-0.2, 0) is 22.6 Å². The van der Waals surface area contributed by atoms with Crippen LogP contribution in [0.5, 0.6) is 5.75 Å². The fourth-order valence-corrected chi connectivity index (χ4v) is 4.36. The Morgan fingerprint density at radius 2 is 1.97 bits per heavy atom. The maximum atomic E-state index is 6.23. The first-order valence-corrected chi connectivity index (χ1v) is 10.9. The van der Waals surface area contributed by atoms with E-state index in [0.29, 0.717) is 13.2 Å². The molecule has 158 valence electrons. The lowest BCUT2D eigenvalue weighted by Crippen LogP contribution is -2.35. The van der Waals surface area contributed by atoms with Gasteiger partial charge in [-0.25, -0.2) is 4.98 Å². The van der Waals surface area contributed by atoms with Gasteiger partial charge in [0.15, 0.2) is 5.79 Å². The van der Waals surface area contributed by atoms with Gasteiger partial charge in [-0.1, -0.05) is 24.6 Å². The van der Waals surface area contributed by atoms with Gasteiger partial charge >= 0.3 is 0 Å². The summed E-state index contributed by atoms with van der Waals surface area (Å²) in [6, 6.07) is 14.2. The molecule has 2 aromatic heterocycles. The molecule has 0 bridgehead atoms. The molecule has 1 N–H and O–H groups in total. The second kappa shape index (κ2) is 8.76. The van der Waals surface area contributed by atoms with Crippen molar-refractivity contribution in [3.8, 4) is 5.75 Å². The first kappa shape index (κ1) is 19.5. The Labute approximate surface area is 177 Å². The second-order valence-electron chi connectivity index (χ2n) is 8.28. The lowest BCUT2D eigenvalue weighted by molar-refractivity contribution is -0.186. The minimum absolute atomic E-state index is 0.149.